The zero-order chi connectivity index (χ0) is 14.7. The van der Waals surface area contributed by atoms with Crippen molar-refractivity contribution in [2.24, 2.45) is 11.3 Å². The van der Waals surface area contributed by atoms with Crippen LogP contribution in [-0.4, -0.2) is 31.2 Å². The minimum absolute atomic E-state index is 0. The molecular formula is C18H34ClN. The van der Waals surface area contributed by atoms with Crippen LogP contribution < -0.4 is 12.4 Å². The molecule has 20 heavy (non-hydrogen) atoms. The quantitative estimate of drug-likeness (QED) is 0.536. The van der Waals surface area contributed by atoms with Gasteiger partial charge in [-0.2, -0.15) is 0 Å². The van der Waals surface area contributed by atoms with Crippen molar-refractivity contribution in [3.63, 3.8) is 0 Å². The van der Waals surface area contributed by atoms with E-state index in [1.54, 1.807) is 5.57 Å². The highest BCUT2D eigenvalue weighted by atomic mass is 35.5. The molecule has 1 aliphatic carbocycles. The van der Waals surface area contributed by atoms with E-state index in [4.69, 9.17) is 0 Å². The van der Waals surface area contributed by atoms with Gasteiger partial charge in [-0.05, 0) is 44.6 Å². The molecule has 0 N–H and O–H groups in total. The number of hydrogen-bond donors (Lipinski definition) is 0. The lowest BCUT2D eigenvalue weighted by molar-refractivity contribution is -0.906. The first-order valence-corrected chi connectivity index (χ1v) is 7.88. The molecular weight excluding hydrogens is 266 g/mol. The molecule has 1 aliphatic rings. The van der Waals surface area contributed by atoms with Gasteiger partial charge in [0, 0.05) is 5.92 Å². The summed E-state index contributed by atoms with van der Waals surface area (Å²) < 4.78 is 1.09. The van der Waals surface area contributed by atoms with Crippen LogP contribution in [0.4, 0.5) is 0 Å². The van der Waals surface area contributed by atoms with Gasteiger partial charge in [-0.1, -0.05) is 38.5 Å². The van der Waals surface area contributed by atoms with Crippen LogP contribution in [0.2, 0.25) is 0 Å². The van der Waals surface area contributed by atoms with Crippen molar-refractivity contribution in [2.45, 2.75) is 59.9 Å². The number of halogens is 1. The summed E-state index contributed by atoms with van der Waals surface area (Å²) in [6, 6.07) is 0.588. The Bertz CT molecular complexity index is 352. The van der Waals surface area contributed by atoms with Crippen LogP contribution in [0.5, 0.6) is 0 Å². The molecule has 118 valence electrons. The Kier molecular flexibility index (Phi) is 7.55. The molecule has 0 radical (unpaired) electrons. The van der Waals surface area contributed by atoms with Gasteiger partial charge in [-0.15, -0.1) is 0 Å². The first-order valence-electron chi connectivity index (χ1n) is 7.88. The fourth-order valence-corrected chi connectivity index (χ4v) is 3.27. The van der Waals surface area contributed by atoms with E-state index in [-0.39, 0.29) is 12.4 Å². The zero-order valence-corrected chi connectivity index (χ0v) is 15.3. The molecule has 0 aromatic carbocycles. The molecule has 0 spiro atoms. The van der Waals surface area contributed by atoms with E-state index >= 15 is 0 Å². The number of likely N-dealkylation sites (N-methyl/N-ethyl adjacent to an activating group) is 1. The normalized spacial score (nSPS) is 24.1. The zero-order valence-electron chi connectivity index (χ0n) is 14.5. The Balaban J connectivity index is 0.00000361. The third kappa shape index (κ3) is 4.93. The number of rotatable bonds is 5. The lowest BCUT2D eigenvalue weighted by Crippen LogP contribution is -3.00. The Labute approximate surface area is 133 Å². The van der Waals surface area contributed by atoms with Crippen LogP contribution in [0.25, 0.3) is 0 Å². The van der Waals surface area contributed by atoms with Gasteiger partial charge in [-0.3, -0.25) is 0 Å². The molecule has 0 fully saturated rings. The van der Waals surface area contributed by atoms with Crippen LogP contribution in [0.15, 0.2) is 23.8 Å². The van der Waals surface area contributed by atoms with E-state index < -0.39 is 0 Å². The maximum atomic E-state index is 2.48. The van der Waals surface area contributed by atoms with Crippen LogP contribution in [0, 0.1) is 11.3 Å². The van der Waals surface area contributed by atoms with E-state index in [9.17, 15) is 0 Å². The molecule has 0 aliphatic heterocycles. The minimum atomic E-state index is 0. The number of hydrogen-bond acceptors (Lipinski definition) is 0. The summed E-state index contributed by atoms with van der Waals surface area (Å²) in [5, 5.41) is 0. The first-order chi connectivity index (χ1) is 8.70. The highest BCUT2D eigenvalue weighted by molar-refractivity contribution is 5.19. The molecule has 0 amide bonds. The van der Waals surface area contributed by atoms with E-state index in [1.165, 1.54) is 25.8 Å². The molecule has 1 nitrogen and oxygen atoms in total. The first kappa shape index (κ1) is 19.7. The molecule has 2 atom stereocenters. The Morgan fingerprint density at radius 3 is 2.50 bits per heavy atom. The molecule has 0 aromatic rings. The van der Waals surface area contributed by atoms with Crippen molar-refractivity contribution < 1.29 is 16.9 Å². The van der Waals surface area contributed by atoms with Crippen molar-refractivity contribution in [1.29, 1.82) is 0 Å². The second kappa shape index (κ2) is 7.66. The topological polar surface area (TPSA) is 0 Å². The average molecular weight is 300 g/mol. The van der Waals surface area contributed by atoms with Gasteiger partial charge in [0.05, 0.1) is 20.6 Å². The smallest absolute Gasteiger partial charge is 0.104 e. The van der Waals surface area contributed by atoms with Crippen molar-refractivity contribution in [3.05, 3.63) is 23.8 Å². The number of quaternary nitrogens is 1. The summed E-state index contributed by atoms with van der Waals surface area (Å²) >= 11 is 0. The summed E-state index contributed by atoms with van der Waals surface area (Å²) in [6.07, 6.45) is 11.2. The Hall–Kier alpha value is -0.270. The van der Waals surface area contributed by atoms with Gasteiger partial charge in [0.2, 0.25) is 0 Å². The van der Waals surface area contributed by atoms with Crippen LogP contribution in [0.1, 0.15) is 53.9 Å². The largest absolute Gasteiger partial charge is 1.00 e. The third-order valence-corrected chi connectivity index (χ3v) is 5.07. The number of nitrogens with zero attached hydrogens (tertiary/aromatic N) is 1. The lowest BCUT2D eigenvalue weighted by atomic mass is 9.68. The maximum absolute atomic E-state index is 2.48. The van der Waals surface area contributed by atoms with E-state index in [1.807, 2.05) is 0 Å². The van der Waals surface area contributed by atoms with E-state index in [0.717, 1.165) is 4.48 Å². The van der Waals surface area contributed by atoms with Crippen LogP contribution in [-0.2, 0) is 0 Å². The predicted octanol–water partition coefficient (Wildman–Crippen LogP) is 1.80. The molecule has 2 heteroatoms. The molecule has 0 saturated heterocycles. The van der Waals surface area contributed by atoms with Crippen molar-refractivity contribution in [3.8, 4) is 0 Å². The average Bonchev–Trinajstić information content (AvgIpc) is 2.27. The van der Waals surface area contributed by atoms with E-state index in [0.29, 0.717) is 17.4 Å². The second-order valence-corrected chi connectivity index (χ2v) is 7.58. The summed E-state index contributed by atoms with van der Waals surface area (Å²) in [4.78, 5) is 0. The summed E-state index contributed by atoms with van der Waals surface area (Å²) in [5.74, 6) is 0.616. The summed E-state index contributed by atoms with van der Waals surface area (Å²) in [5.41, 5.74) is 1.97. The fourth-order valence-electron chi connectivity index (χ4n) is 3.27. The lowest BCUT2D eigenvalue weighted by Gasteiger charge is -2.38. The minimum Gasteiger partial charge on any atom is -1.00 e. The Morgan fingerprint density at radius 1 is 1.40 bits per heavy atom. The summed E-state index contributed by atoms with van der Waals surface area (Å²) in [6.45, 7) is 13.0. The second-order valence-electron chi connectivity index (χ2n) is 7.58. The molecule has 2 unspecified atom stereocenters. The fraction of sp³-hybridized carbons (Fsp3) is 0.778. The maximum Gasteiger partial charge on any atom is 0.104 e. The van der Waals surface area contributed by atoms with Gasteiger partial charge in [0.25, 0.3) is 0 Å². The van der Waals surface area contributed by atoms with Crippen molar-refractivity contribution in [2.75, 3.05) is 20.6 Å². The van der Waals surface area contributed by atoms with Gasteiger partial charge >= 0.3 is 0 Å². The molecule has 0 aromatic heterocycles. The van der Waals surface area contributed by atoms with Crippen molar-refractivity contribution in [1.82, 2.24) is 0 Å². The molecule has 0 bridgehead atoms. The van der Waals surface area contributed by atoms with Gasteiger partial charge in [-0.25, -0.2) is 0 Å². The van der Waals surface area contributed by atoms with Gasteiger partial charge in [0.15, 0.2) is 0 Å². The molecule has 0 saturated carbocycles. The predicted molar refractivity (Wildman–Crippen MR) is 86.1 cm³/mol. The monoisotopic (exact) mass is 299 g/mol. The van der Waals surface area contributed by atoms with Crippen LogP contribution >= 0.6 is 0 Å². The Morgan fingerprint density at radius 2 is 2.00 bits per heavy atom. The van der Waals surface area contributed by atoms with Gasteiger partial charge in [0.1, 0.15) is 6.04 Å². The standard InChI is InChI=1S/C18H34N.ClH/c1-8-14-19(6,7)16(3)11-12-17-15(2)10-9-13-18(17,4)5;/h10-12,16-17H,8-9,13-14H2,1-7H3;1H/q+1;/p-1/b12-11+;. The third-order valence-electron chi connectivity index (χ3n) is 5.07. The number of allylic oxidation sites excluding steroid dienone is 3. The highest BCUT2D eigenvalue weighted by Gasteiger charge is 2.31. The molecule has 0 heterocycles. The summed E-state index contributed by atoms with van der Waals surface area (Å²) in [7, 11) is 4.68. The highest BCUT2D eigenvalue weighted by Crippen LogP contribution is 2.41. The van der Waals surface area contributed by atoms with Crippen LogP contribution in [0.3, 0.4) is 0 Å². The van der Waals surface area contributed by atoms with E-state index in [2.05, 4.69) is 66.9 Å². The van der Waals surface area contributed by atoms with Gasteiger partial charge < -0.3 is 16.9 Å². The SMILES string of the molecule is CCC[N+](C)(C)C(C)/C=C/C1C(C)=CCCC1(C)C.[Cl-]. The molecule has 1 rings (SSSR count). The van der Waals surface area contributed by atoms with Crippen molar-refractivity contribution >= 4 is 0 Å².